The molecule has 4 amide bonds. The number of rotatable bonds is 6. The molecule has 0 unspecified atom stereocenters. The van der Waals surface area contributed by atoms with Gasteiger partial charge in [-0.3, -0.25) is 14.4 Å². The normalized spacial score (nSPS) is 22.6. The number of fused-ring (bicyclic) bond motifs is 1. The molecule has 1 aromatic rings. The van der Waals surface area contributed by atoms with Gasteiger partial charge in [0.1, 0.15) is 12.1 Å². The zero-order valence-corrected chi connectivity index (χ0v) is 21.6. The summed E-state index contributed by atoms with van der Waals surface area (Å²) in [5.41, 5.74) is 1.45. The van der Waals surface area contributed by atoms with Crippen LogP contribution in [0, 0.1) is 5.92 Å². The summed E-state index contributed by atoms with van der Waals surface area (Å²) in [5, 5.41) is 2.91. The van der Waals surface area contributed by atoms with E-state index in [0.29, 0.717) is 51.3 Å². The molecule has 1 N–H and O–H groups in total. The molecular weight excluding hydrogens is 462 g/mol. The Labute approximate surface area is 212 Å². The van der Waals surface area contributed by atoms with Crippen LogP contribution in [0.5, 0.6) is 0 Å². The van der Waals surface area contributed by atoms with Gasteiger partial charge in [-0.25, -0.2) is 4.79 Å². The number of carbonyl (C=O) groups is 4. The zero-order chi connectivity index (χ0) is 26.0. The van der Waals surface area contributed by atoms with Crippen molar-refractivity contribution >= 4 is 29.3 Å². The minimum absolute atomic E-state index is 0.00866. The average Bonchev–Trinajstić information content (AvgIpc) is 3.44. The van der Waals surface area contributed by atoms with Crippen LogP contribution in [0.15, 0.2) is 24.3 Å². The summed E-state index contributed by atoms with van der Waals surface area (Å²) in [6, 6.07) is 5.29. The lowest BCUT2D eigenvalue weighted by molar-refractivity contribution is -0.138. The highest BCUT2D eigenvalue weighted by molar-refractivity contribution is 6.00. The summed E-state index contributed by atoms with van der Waals surface area (Å²) in [5.74, 6) is -0.547. The van der Waals surface area contributed by atoms with Crippen molar-refractivity contribution in [2.24, 2.45) is 5.92 Å². The summed E-state index contributed by atoms with van der Waals surface area (Å²) in [6.45, 7) is 6.36. The minimum Gasteiger partial charge on any atom is -0.378 e. The molecule has 1 aromatic carbocycles. The molecule has 0 saturated carbocycles. The number of amides is 4. The van der Waals surface area contributed by atoms with Crippen molar-refractivity contribution in [3.05, 3.63) is 29.8 Å². The van der Waals surface area contributed by atoms with Crippen LogP contribution in [-0.4, -0.2) is 110 Å². The first-order valence-corrected chi connectivity index (χ1v) is 12.7. The van der Waals surface area contributed by atoms with Gasteiger partial charge < -0.3 is 29.7 Å². The topological polar surface area (TPSA) is 102 Å². The SMILES string of the molecule is CC(C)C[C@H](NC(=O)c1ccc(N(C)C)cc1)C(=O)N1CC[C@@H]2[C@H]1C(=O)CN2C(=O)N1CCOCC1. The van der Waals surface area contributed by atoms with Crippen LogP contribution in [0.3, 0.4) is 0 Å². The van der Waals surface area contributed by atoms with Crippen molar-refractivity contribution in [1.29, 1.82) is 0 Å². The third-order valence-corrected chi connectivity index (χ3v) is 7.19. The van der Waals surface area contributed by atoms with Gasteiger partial charge in [0.25, 0.3) is 5.91 Å². The molecule has 10 nitrogen and oxygen atoms in total. The van der Waals surface area contributed by atoms with E-state index in [0.717, 1.165) is 5.69 Å². The number of ether oxygens (including phenoxy) is 1. The maximum atomic E-state index is 13.7. The number of likely N-dealkylation sites (tertiary alicyclic amines) is 2. The lowest BCUT2D eigenvalue weighted by atomic mass is 10.0. The fraction of sp³-hybridized carbons (Fsp3) is 0.615. The summed E-state index contributed by atoms with van der Waals surface area (Å²) < 4.78 is 5.34. The van der Waals surface area contributed by atoms with Crippen molar-refractivity contribution < 1.29 is 23.9 Å². The number of morpholine rings is 1. The van der Waals surface area contributed by atoms with Crippen LogP contribution >= 0.6 is 0 Å². The molecule has 0 bridgehead atoms. The predicted molar refractivity (Wildman–Crippen MR) is 135 cm³/mol. The van der Waals surface area contributed by atoms with Gasteiger partial charge in [0.15, 0.2) is 5.78 Å². The van der Waals surface area contributed by atoms with Gasteiger partial charge in [0, 0.05) is 45.0 Å². The number of carbonyl (C=O) groups excluding carboxylic acids is 4. The highest BCUT2D eigenvalue weighted by Crippen LogP contribution is 2.31. The van der Waals surface area contributed by atoms with Gasteiger partial charge in [0.05, 0.1) is 25.8 Å². The van der Waals surface area contributed by atoms with E-state index in [1.165, 1.54) is 0 Å². The van der Waals surface area contributed by atoms with Crippen LogP contribution in [0.1, 0.15) is 37.0 Å². The molecule has 0 spiro atoms. The first-order chi connectivity index (χ1) is 17.2. The molecule has 0 aliphatic carbocycles. The Morgan fingerprint density at radius 3 is 2.33 bits per heavy atom. The Bertz CT molecular complexity index is 989. The Balaban J connectivity index is 1.46. The van der Waals surface area contributed by atoms with E-state index in [2.05, 4.69) is 5.32 Å². The molecule has 4 rings (SSSR count). The molecule has 0 radical (unpaired) electrons. The van der Waals surface area contributed by atoms with E-state index in [-0.39, 0.29) is 42.1 Å². The van der Waals surface area contributed by atoms with Gasteiger partial charge in [-0.1, -0.05) is 13.8 Å². The van der Waals surface area contributed by atoms with Crippen LogP contribution in [0.25, 0.3) is 0 Å². The second-order valence-corrected chi connectivity index (χ2v) is 10.4. The van der Waals surface area contributed by atoms with E-state index in [1.807, 2.05) is 45.0 Å². The molecule has 3 aliphatic heterocycles. The average molecular weight is 500 g/mol. The standard InChI is InChI=1S/C26H37N5O5/c1-17(2)15-20(27-24(33)18-5-7-19(8-6-18)28(3)4)25(34)30-10-9-21-23(30)22(32)16-31(21)26(35)29-11-13-36-14-12-29/h5-8,17,20-21,23H,9-16H2,1-4H3,(H,27,33)/t20-,21+,23-/m0/s1. The number of anilines is 1. The smallest absolute Gasteiger partial charge is 0.320 e. The fourth-order valence-electron chi connectivity index (χ4n) is 5.31. The monoisotopic (exact) mass is 499 g/mol. The second-order valence-electron chi connectivity index (χ2n) is 10.4. The van der Waals surface area contributed by atoms with E-state index >= 15 is 0 Å². The number of hydrogen-bond acceptors (Lipinski definition) is 6. The van der Waals surface area contributed by atoms with Crippen LogP contribution in [0.4, 0.5) is 10.5 Å². The molecule has 3 fully saturated rings. The van der Waals surface area contributed by atoms with E-state index in [9.17, 15) is 19.2 Å². The third kappa shape index (κ3) is 5.33. The molecule has 10 heteroatoms. The van der Waals surface area contributed by atoms with Crippen molar-refractivity contribution in [3.63, 3.8) is 0 Å². The molecule has 0 aromatic heterocycles. The summed E-state index contributed by atoms with van der Waals surface area (Å²) in [7, 11) is 3.85. The van der Waals surface area contributed by atoms with Gasteiger partial charge in [-0.15, -0.1) is 0 Å². The number of nitrogens with one attached hydrogen (secondary N) is 1. The van der Waals surface area contributed by atoms with Crippen molar-refractivity contribution in [2.45, 2.75) is 44.8 Å². The minimum atomic E-state index is -0.749. The van der Waals surface area contributed by atoms with Gasteiger partial charge in [0.2, 0.25) is 5.91 Å². The quantitative estimate of drug-likeness (QED) is 0.631. The van der Waals surface area contributed by atoms with Gasteiger partial charge in [-0.05, 0) is 43.0 Å². The summed E-state index contributed by atoms with van der Waals surface area (Å²) in [4.78, 5) is 59.7. The maximum absolute atomic E-state index is 13.7. The van der Waals surface area contributed by atoms with E-state index in [4.69, 9.17) is 4.74 Å². The number of urea groups is 1. The summed E-state index contributed by atoms with van der Waals surface area (Å²) in [6.07, 6.45) is 1.01. The first kappa shape index (κ1) is 25.9. The molecule has 36 heavy (non-hydrogen) atoms. The summed E-state index contributed by atoms with van der Waals surface area (Å²) >= 11 is 0. The third-order valence-electron chi connectivity index (χ3n) is 7.19. The molecule has 3 saturated heterocycles. The van der Waals surface area contributed by atoms with Crippen LogP contribution in [0.2, 0.25) is 0 Å². The van der Waals surface area contributed by atoms with E-state index in [1.54, 1.807) is 26.8 Å². The van der Waals surface area contributed by atoms with E-state index < -0.39 is 12.1 Å². The molecule has 3 atom stereocenters. The van der Waals surface area contributed by atoms with Crippen molar-refractivity contribution in [2.75, 3.05) is 58.4 Å². The largest absolute Gasteiger partial charge is 0.378 e. The van der Waals surface area contributed by atoms with Crippen LogP contribution in [-0.2, 0) is 14.3 Å². The van der Waals surface area contributed by atoms with Gasteiger partial charge in [-0.2, -0.15) is 0 Å². The Hall–Kier alpha value is -3.14. The lowest BCUT2D eigenvalue weighted by Gasteiger charge is -2.33. The highest BCUT2D eigenvalue weighted by Gasteiger charge is 2.53. The zero-order valence-electron chi connectivity index (χ0n) is 21.6. The van der Waals surface area contributed by atoms with Gasteiger partial charge >= 0.3 is 6.03 Å². The predicted octanol–water partition coefficient (Wildman–Crippen LogP) is 1.20. The Morgan fingerprint density at radius 1 is 1.06 bits per heavy atom. The Kier molecular flexibility index (Phi) is 7.82. The highest BCUT2D eigenvalue weighted by atomic mass is 16.5. The van der Waals surface area contributed by atoms with Crippen molar-refractivity contribution in [1.82, 2.24) is 20.0 Å². The lowest BCUT2D eigenvalue weighted by Crippen LogP contribution is -2.53. The van der Waals surface area contributed by atoms with Crippen molar-refractivity contribution in [3.8, 4) is 0 Å². The molecular formula is C26H37N5O5. The number of benzene rings is 1. The number of hydrogen-bond donors (Lipinski definition) is 1. The maximum Gasteiger partial charge on any atom is 0.320 e. The molecule has 3 aliphatic rings. The fourth-order valence-corrected chi connectivity index (χ4v) is 5.31. The number of Topliss-reactive ketones (excluding diaryl/α,β-unsaturated/α-hetero) is 1. The first-order valence-electron chi connectivity index (χ1n) is 12.7. The molecule has 196 valence electrons. The van der Waals surface area contributed by atoms with Crippen LogP contribution < -0.4 is 10.2 Å². The number of ketones is 1. The molecule has 3 heterocycles. The number of nitrogens with zero attached hydrogens (tertiary/aromatic N) is 4. The second kappa shape index (κ2) is 10.9. The Morgan fingerprint density at radius 2 is 1.72 bits per heavy atom.